The number of nitrogens with one attached hydrogen (secondary N) is 2. The van der Waals surface area contributed by atoms with E-state index in [-0.39, 0.29) is 18.4 Å². The topological polar surface area (TPSA) is 105 Å². The fourth-order valence-electron chi connectivity index (χ4n) is 4.58. The molecule has 0 bridgehead atoms. The minimum absolute atomic E-state index is 0.0505. The van der Waals surface area contributed by atoms with E-state index < -0.39 is 17.5 Å². The van der Waals surface area contributed by atoms with E-state index in [2.05, 4.69) is 34.9 Å². The summed E-state index contributed by atoms with van der Waals surface area (Å²) in [7, 11) is 0. The Kier molecular flexibility index (Phi) is 7.50. The Balaban J connectivity index is 1.08. The van der Waals surface area contributed by atoms with Crippen molar-refractivity contribution in [1.29, 1.82) is 0 Å². The SMILES string of the molecule is O=C(CCCCCCNC(=O)OCC1c2ccccc2-c2ccccc21)NCC1(C(=O)O)CC1. The third kappa shape index (κ3) is 5.58. The van der Waals surface area contributed by atoms with Crippen molar-refractivity contribution < 1.29 is 24.2 Å². The number of benzene rings is 2. The molecular weight excluding hydrogens is 432 g/mol. The van der Waals surface area contributed by atoms with Gasteiger partial charge in [-0.2, -0.15) is 0 Å². The lowest BCUT2D eigenvalue weighted by Crippen LogP contribution is -2.34. The lowest BCUT2D eigenvalue weighted by molar-refractivity contribution is -0.143. The Bertz CT molecular complexity index is 1000. The van der Waals surface area contributed by atoms with Gasteiger partial charge >= 0.3 is 12.1 Å². The van der Waals surface area contributed by atoms with Crippen LogP contribution in [-0.4, -0.2) is 42.8 Å². The van der Waals surface area contributed by atoms with Gasteiger partial charge in [0, 0.05) is 25.4 Å². The molecule has 2 aromatic rings. The second-order valence-electron chi connectivity index (χ2n) is 9.28. The summed E-state index contributed by atoms with van der Waals surface area (Å²) >= 11 is 0. The zero-order valence-electron chi connectivity index (χ0n) is 19.3. The maximum atomic E-state index is 12.2. The van der Waals surface area contributed by atoms with Gasteiger partial charge in [0.05, 0.1) is 5.41 Å². The number of carbonyl (C=O) groups is 3. The highest BCUT2D eigenvalue weighted by molar-refractivity contribution is 5.81. The fraction of sp³-hybridized carbons (Fsp3) is 0.444. The number of aliphatic carboxylic acids is 1. The quantitative estimate of drug-likeness (QED) is 0.403. The number of unbranched alkanes of at least 4 members (excludes halogenated alkanes) is 3. The summed E-state index contributed by atoms with van der Waals surface area (Å²) in [5.41, 5.74) is 4.07. The number of alkyl carbamates (subject to hydrolysis) is 1. The van der Waals surface area contributed by atoms with Crippen LogP contribution in [-0.2, 0) is 14.3 Å². The van der Waals surface area contributed by atoms with Gasteiger partial charge in [0.25, 0.3) is 0 Å². The monoisotopic (exact) mass is 464 g/mol. The molecule has 7 nitrogen and oxygen atoms in total. The molecule has 180 valence electrons. The summed E-state index contributed by atoms with van der Waals surface area (Å²) in [6.07, 6.45) is 4.60. The number of carboxylic acids is 1. The van der Waals surface area contributed by atoms with E-state index in [4.69, 9.17) is 9.84 Å². The molecule has 0 spiro atoms. The van der Waals surface area contributed by atoms with Crippen LogP contribution >= 0.6 is 0 Å². The minimum atomic E-state index is -0.822. The van der Waals surface area contributed by atoms with E-state index in [0.717, 1.165) is 25.7 Å². The number of hydrogen-bond acceptors (Lipinski definition) is 4. The molecule has 2 aliphatic carbocycles. The summed E-state index contributed by atoms with van der Waals surface area (Å²) in [6.45, 7) is 1.06. The third-order valence-corrected chi connectivity index (χ3v) is 6.87. The van der Waals surface area contributed by atoms with Crippen LogP contribution < -0.4 is 10.6 Å². The maximum absolute atomic E-state index is 12.2. The highest BCUT2D eigenvalue weighted by Crippen LogP contribution is 2.45. The van der Waals surface area contributed by atoms with Crippen molar-refractivity contribution in [2.75, 3.05) is 19.7 Å². The predicted octanol–water partition coefficient (Wildman–Crippen LogP) is 4.46. The summed E-state index contributed by atoms with van der Waals surface area (Å²) in [6, 6.07) is 16.5. The van der Waals surface area contributed by atoms with E-state index in [1.165, 1.54) is 22.3 Å². The van der Waals surface area contributed by atoms with Crippen molar-refractivity contribution in [1.82, 2.24) is 10.6 Å². The van der Waals surface area contributed by atoms with Crippen molar-refractivity contribution >= 4 is 18.0 Å². The van der Waals surface area contributed by atoms with Gasteiger partial charge < -0.3 is 20.5 Å². The molecule has 1 saturated carbocycles. The molecule has 0 heterocycles. The first-order valence-electron chi connectivity index (χ1n) is 12.1. The fourth-order valence-corrected chi connectivity index (χ4v) is 4.58. The Morgan fingerprint density at radius 2 is 1.50 bits per heavy atom. The summed E-state index contributed by atoms with van der Waals surface area (Å²) in [5.74, 6) is -0.865. The number of hydrogen-bond donors (Lipinski definition) is 3. The van der Waals surface area contributed by atoms with Crippen molar-refractivity contribution in [3.63, 3.8) is 0 Å². The van der Waals surface area contributed by atoms with Crippen LogP contribution in [0.3, 0.4) is 0 Å². The summed E-state index contributed by atoms with van der Waals surface area (Å²) in [4.78, 5) is 35.2. The van der Waals surface area contributed by atoms with E-state index in [0.29, 0.717) is 32.4 Å². The van der Waals surface area contributed by atoms with Gasteiger partial charge in [-0.15, -0.1) is 0 Å². The molecule has 1 fully saturated rings. The number of fused-ring (bicyclic) bond motifs is 3. The predicted molar refractivity (Wildman–Crippen MR) is 128 cm³/mol. The van der Waals surface area contributed by atoms with Crippen molar-refractivity contribution in [2.45, 2.75) is 50.9 Å². The number of ether oxygens (including phenoxy) is 1. The van der Waals surface area contributed by atoms with Crippen LogP contribution in [0.15, 0.2) is 48.5 Å². The van der Waals surface area contributed by atoms with Gasteiger partial charge in [0.1, 0.15) is 6.61 Å². The summed E-state index contributed by atoms with van der Waals surface area (Å²) < 4.78 is 5.53. The average molecular weight is 465 g/mol. The van der Waals surface area contributed by atoms with Gasteiger partial charge in [-0.1, -0.05) is 61.4 Å². The summed E-state index contributed by atoms with van der Waals surface area (Å²) in [5, 5.41) is 14.7. The lowest BCUT2D eigenvalue weighted by Gasteiger charge is -2.14. The highest BCUT2D eigenvalue weighted by Gasteiger charge is 2.50. The standard InChI is InChI=1S/C27H32N2O5/c30-24(29-18-27(14-15-27)25(31)32)13-3-1-2-8-16-28-26(33)34-17-23-21-11-6-4-9-19(21)20-10-5-7-12-22(20)23/h4-7,9-12,23H,1-3,8,13-18H2,(H,28,33)(H,29,30)(H,31,32). The number of carbonyl (C=O) groups excluding carboxylic acids is 2. The Labute approximate surface area is 199 Å². The second kappa shape index (κ2) is 10.7. The Morgan fingerprint density at radius 3 is 2.12 bits per heavy atom. The zero-order chi connectivity index (χ0) is 24.0. The third-order valence-electron chi connectivity index (χ3n) is 6.87. The Morgan fingerprint density at radius 1 is 0.882 bits per heavy atom. The lowest BCUT2D eigenvalue weighted by atomic mass is 9.98. The normalized spacial score (nSPS) is 15.2. The number of carboxylic acid groups (broad SMARTS) is 1. The number of rotatable bonds is 12. The molecule has 2 amide bonds. The van der Waals surface area contributed by atoms with Crippen LogP contribution in [0, 0.1) is 5.41 Å². The van der Waals surface area contributed by atoms with E-state index in [1.807, 2.05) is 24.3 Å². The first-order valence-corrected chi connectivity index (χ1v) is 12.1. The van der Waals surface area contributed by atoms with Crippen molar-refractivity contribution in [3.8, 4) is 11.1 Å². The first-order chi connectivity index (χ1) is 16.5. The molecule has 2 aliphatic rings. The largest absolute Gasteiger partial charge is 0.481 e. The maximum Gasteiger partial charge on any atom is 0.407 e. The van der Waals surface area contributed by atoms with Gasteiger partial charge in [-0.05, 0) is 47.9 Å². The van der Waals surface area contributed by atoms with Crippen LogP contribution in [0.5, 0.6) is 0 Å². The molecule has 7 heteroatoms. The molecule has 0 aromatic heterocycles. The van der Waals surface area contributed by atoms with Gasteiger partial charge in [-0.3, -0.25) is 9.59 Å². The van der Waals surface area contributed by atoms with Crippen LogP contribution in [0.25, 0.3) is 11.1 Å². The molecule has 0 radical (unpaired) electrons. The van der Waals surface area contributed by atoms with Crippen LogP contribution in [0.2, 0.25) is 0 Å². The molecule has 0 atom stereocenters. The highest BCUT2D eigenvalue weighted by atomic mass is 16.5. The molecule has 0 aliphatic heterocycles. The molecule has 34 heavy (non-hydrogen) atoms. The zero-order valence-corrected chi connectivity index (χ0v) is 19.3. The van der Waals surface area contributed by atoms with Gasteiger partial charge in [0.2, 0.25) is 5.91 Å². The van der Waals surface area contributed by atoms with Crippen LogP contribution in [0.4, 0.5) is 4.79 Å². The van der Waals surface area contributed by atoms with Gasteiger partial charge in [0.15, 0.2) is 0 Å². The molecule has 0 unspecified atom stereocenters. The Hall–Kier alpha value is -3.35. The minimum Gasteiger partial charge on any atom is -0.481 e. The van der Waals surface area contributed by atoms with E-state index >= 15 is 0 Å². The second-order valence-corrected chi connectivity index (χ2v) is 9.28. The van der Waals surface area contributed by atoms with E-state index in [1.54, 1.807) is 0 Å². The molecule has 4 rings (SSSR count). The average Bonchev–Trinajstić information content (AvgIpc) is 3.58. The van der Waals surface area contributed by atoms with Crippen molar-refractivity contribution in [3.05, 3.63) is 59.7 Å². The molecular formula is C27H32N2O5. The van der Waals surface area contributed by atoms with Gasteiger partial charge in [-0.25, -0.2) is 4.79 Å². The van der Waals surface area contributed by atoms with E-state index in [9.17, 15) is 14.4 Å². The van der Waals surface area contributed by atoms with Crippen LogP contribution in [0.1, 0.15) is 62.0 Å². The smallest absolute Gasteiger partial charge is 0.407 e. The van der Waals surface area contributed by atoms with Crippen molar-refractivity contribution in [2.24, 2.45) is 5.41 Å². The molecule has 2 aromatic carbocycles. The first kappa shape index (κ1) is 23.8. The molecule has 3 N–H and O–H groups in total. The molecule has 0 saturated heterocycles. The number of amides is 2.